The van der Waals surface area contributed by atoms with Gasteiger partial charge in [0.15, 0.2) is 18.1 Å². The summed E-state index contributed by atoms with van der Waals surface area (Å²) in [6.45, 7) is 1.88. The van der Waals surface area contributed by atoms with Gasteiger partial charge in [-0.25, -0.2) is 0 Å². The van der Waals surface area contributed by atoms with Crippen molar-refractivity contribution in [3.8, 4) is 17.2 Å². The summed E-state index contributed by atoms with van der Waals surface area (Å²) in [7, 11) is 0. The van der Waals surface area contributed by atoms with Crippen LogP contribution in [0.4, 0.5) is 0 Å². The van der Waals surface area contributed by atoms with Crippen molar-refractivity contribution in [2.75, 3.05) is 13.4 Å². The predicted octanol–water partition coefficient (Wildman–Crippen LogP) is 1.96. The molecule has 1 aliphatic heterocycles. The minimum Gasteiger partial charge on any atom is -0.483 e. The second-order valence-corrected chi connectivity index (χ2v) is 5.54. The highest BCUT2D eigenvalue weighted by Gasteiger charge is 2.12. The molecule has 1 heterocycles. The molecule has 7 nitrogen and oxygen atoms in total. The summed E-state index contributed by atoms with van der Waals surface area (Å²) in [6, 6.07) is 12.7. The Morgan fingerprint density at radius 2 is 1.92 bits per heavy atom. The SMILES string of the molecule is Cc1ccccc1OCC(=O)NNC(=O)/C=C/c1ccc2c(c1)OCO2. The van der Waals surface area contributed by atoms with Crippen LogP contribution in [0.25, 0.3) is 6.08 Å². The third kappa shape index (κ3) is 4.54. The molecule has 0 unspecified atom stereocenters. The fourth-order valence-electron chi connectivity index (χ4n) is 2.26. The summed E-state index contributed by atoms with van der Waals surface area (Å²) in [5, 5.41) is 0. The number of hydrazine groups is 1. The molecule has 0 bridgehead atoms. The van der Waals surface area contributed by atoms with Crippen LogP contribution in [0.5, 0.6) is 17.2 Å². The Bertz CT molecular complexity index is 848. The van der Waals surface area contributed by atoms with Crippen molar-refractivity contribution >= 4 is 17.9 Å². The average molecular weight is 354 g/mol. The first-order chi connectivity index (χ1) is 12.6. The molecule has 1 aliphatic rings. The number of para-hydroxylation sites is 1. The normalized spacial score (nSPS) is 12.0. The number of carbonyl (C=O) groups is 2. The number of nitrogens with one attached hydrogen (secondary N) is 2. The van der Waals surface area contributed by atoms with Gasteiger partial charge in [0.1, 0.15) is 5.75 Å². The monoisotopic (exact) mass is 354 g/mol. The molecule has 26 heavy (non-hydrogen) atoms. The van der Waals surface area contributed by atoms with E-state index in [0.717, 1.165) is 11.1 Å². The van der Waals surface area contributed by atoms with Gasteiger partial charge in [-0.3, -0.25) is 20.4 Å². The van der Waals surface area contributed by atoms with Gasteiger partial charge in [0.2, 0.25) is 6.79 Å². The van der Waals surface area contributed by atoms with E-state index in [4.69, 9.17) is 14.2 Å². The molecule has 2 amide bonds. The van der Waals surface area contributed by atoms with Crippen LogP contribution in [0.3, 0.4) is 0 Å². The van der Waals surface area contributed by atoms with Crippen LogP contribution >= 0.6 is 0 Å². The fraction of sp³-hybridized carbons (Fsp3) is 0.158. The highest BCUT2D eigenvalue weighted by Crippen LogP contribution is 2.32. The Morgan fingerprint density at radius 3 is 2.77 bits per heavy atom. The summed E-state index contributed by atoms with van der Waals surface area (Å²) in [4.78, 5) is 23.5. The third-order valence-electron chi connectivity index (χ3n) is 3.60. The molecule has 0 aliphatic carbocycles. The highest BCUT2D eigenvalue weighted by atomic mass is 16.7. The van der Waals surface area contributed by atoms with Crippen LogP contribution in [0.1, 0.15) is 11.1 Å². The molecule has 0 aromatic heterocycles. The zero-order chi connectivity index (χ0) is 18.4. The van der Waals surface area contributed by atoms with Crippen molar-refractivity contribution in [3.05, 3.63) is 59.7 Å². The van der Waals surface area contributed by atoms with Gasteiger partial charge in [0, 0.05) is 6.08 Å². The molecule has 0 radical (unpaired) electrons. The summed E-state index contributed by atoms with van der Waals surface area (Å²) in [6.07, 6.45) is 2.91. The minimum atomic E-state index is -0.466. The molecule has 3 rings (SSSR count). The number of hydrogen-bond donors (Lipinski definition) is 2. The molecular weight excluding hydrogens is 336 g/mol. The van der Waals surface area contributed by atoms with Gasteiger partial charge in [-0.05, 0) is 42.3 Å². The molecule has 0 spiro atoms. The van der Waals surface area contributed by atoms with Crippen molar-refractivity contribution in [1.82, 2.24) is 10.9 Å². The molecule has 0 saturated carbocycles. The van der Waals surface area contributed by atoms with E-state index in [2.05, 4.69) is 10.9 Å². The second kappa shape index (κ2) is 8.06. The highest BCUT2D eigenvalue weighted by molar-refractivity contribution is 5.93. The van der Waals surface area contributed by atoms with Gasteiger partial charge in [-0.15, -0.1) is 0 Å². The van der Waals surface area contributed by atoms with Gasteiger partial charge in [-0.1, -0.05) is 24.3 Å². The lowest BCUT2D eigenvalue weighted by Crippen LogP contribution is -2.43. The first-order valence-corrected chi connectivity index (χ1v) is 7.97. The van der Waals surface area contributed by atoms with Crippen LogP contribution in [-0.2, 0) is 9.59 Å². The molecule has 0 atom stereocenters. The van der Waals surface area contributed by atoms with Crippen molar-refractivity contribution in [2.24, 2.45) is 0 Å². The van der Waals surface area contributed by atoms with E-state index in [1.54, 1.807) is 30.3 Å². The van der Waals surface area contributed by atoms with Gasteiger partial charge in [0.05, 0.1) is 0 Å². The largest absolute Gasteiger partial charge is 0.483 e. The maximum atomic E-state index is 11.8. The Balaban J connectivity index is 1.43. The molecule has 134 valence electrons. The number of benzene rings is 2. The van der Waals surface area contributed by atoms with E-state index in [1.165, 1.54) is 6.08 Å². The summed E-state index contributed by atoms with van der Waals surface area (Å²) >= 11 is 0. The Labute approximate surface area is 150 Å². The Kier molecular flexibility index (Phi) is 5.38. The number of amides is 2. The number of aryl methyl sites for hydroxylation is 1. The number of hydrogen-bond acceptors (Lipinski definition) is 5. The molecule has 0 fully saturated rings. The van der Waals surface area contributed by atoms with E-state index < -0.39 is 11.8 Å². The van der Waals surface area contributed by atoms with E-state index in [-0.39, 0.29) is 13.4 Å². The Hall–Kier alpha value is -3.48. The quantitative estimate of drug-likeness (QED) is 0.633. The van der Waals surface area contributed by atoms with Crippen molar-refractivity contribution < 1.29 is 23.8 Å². The van der Waals surface area contributed by atoms with Gasteiger partial charge in [-0.2, -0.15) is 0 Å². The lowest BCUT2D eigenvalue weighted by Gasteiger charge is -2.09. The fourth-order valence-corrected chi connectivity index (χ4v) is 2.26. The lowest BCUT2D eigenvalue weighted by atomic mass is 10.2. The van der Waals surface area contributed by atoms with Crippen LogP contribution in [0.2, 0.25) is 0 Å². The van der Waals surface area contributed by atoms with Crippen LogP contribution in [0.15, 0.2) is 48.5 Å². The number of rotatable bonds is 5. The zero-order valence-corrected chi connectivity index (χ0v) is 14.2. The van der Waals surface area contributed by atoms with Crippen LogP contribution in [0, 0.1) is 6.92 Å². The van der Waals surface area contributed by atoms with Crippen LogP contribution in [-0.4, -0.2) is 25.2 Å². The summed E-state index contributed by atoms with van der Waals surface area (Å²) in [5.74, 6) is 1.00. The van der Waals surface area contributed by atoms with E-state index in [0.29, 0.717) is 17.2 Å². The van der Waals surface area contributed by atoms with E-state index >= 15 is 0 Å². The standard InChI is InChI=1S/C19H18N2O5/c1-13-4-2-3-5-15(13)24-11-19(23)21-20-18(22)9-7-14-6-8-16-17(10-14)26-12-25-16/h2-10H,11-12H2,1H3,(H,20,22)(H,21,23)/b9-7+. The maximum Gasteiger partial charge on any atom is 0.276 e. The summed E-state index contributed by atoms with van der Waals surface area (Å²) in [5.41, 5.74) is 6.29. The number of carbonyl (C=O) groups excluding carboxylic acids is 2. The number of fused-ring (bicyclic) bond motifs is 1. The molecular formula is C19H18N2O5. The molecule has 2 aromatic carbocycles. The topological polar surface area (TPSA) is 85.9 Å². The first kappa shape index (κ1) is 17.3. The number of ether oxygens (including phenoxy) is 3. The van der Waals surface area contributed by atoms with Crippen molar-refractivity contribution in [1.29, 1.82) is 0 Å². The van der Waals surface area contributed by atoms with Gasteiger partial charge >= 0.3 is 0 Å². The summed E-state index contributed by atoms with van der Waals surface area (Å²) < 4.78 is 15.9. The average Bonchev–Trinajstić information content (AvgIpc) is 3.12. The second-order valence-electron chi connectivity index (χ2n) is 5.54. The zero-order valence-electron chi connectivity index (χ0n) is 14.2. The smallest absolute Gasteiger partial charge is 0.276 e. The molecule has 7 heteroatoms. The molecule has 2 aromatic rings. The van der Waals surface area contributed by atoms with E-state index in [1.807, 2.05) is 25.1 Å². The third-order valence-corrected chi connectivity index (χ3v) is 3.60. The molecule has 0 saturated heterocycles. The lowest BCUT2D eigenvalue weighted by molar-refractivity contribution is -0.128. The maximum absolute atomic E-state index is 11.8. The van der Waals surface area contributed by atoms with Crippen molar-refractivity contribution in [2.45, 2.75) is 6.92 Å². The van der Waals surface area contributed by atoms with Crippen molar-refractivity contribution in [3.63, 3.8) is 0 Å². The first-order valence-electron chi connectivity index (χ1n) is 7.97. The Morgan fingerprint density at radius 1 is 1.12 bits per heavy atom. The predicted molar refractivity (Wildman–Crippen MR) is 94.6 cm³/mol. The minimum absolute atomic E-state index is 0.194. The van der Waals surface area contributed by atoms with Crippen LogP contribution < -0.4 is 25.1 Å². The van der Waals surface area contributed by atoms with Gasteiger partial charge < -0.3 is 14.2 Å². The van der Waals surface area contributed by atoms with E-state index in [9.17, 15) is 9.59 Å². The van der Waals surface area contributed by atoms with Gasteiger partial charge in [0.25, 0.3) is 11.8 Å². The molecule has 2 N–H and O–H groups in total.